The third kappa shape index (κ3) is 3.25. The molecule has 7 nitrogen and oxygen atoms in total. The molecule has 0 aliphatic carbocycles. The van der Waals surface area contributed by atoms with E-state index in [1.807, 2.05) is 0 Å². The first-order valence-electron chi connectivity index (χ1n) is 7.16. The van der Waals surface area contributed by atoms with Gasteiger partial charge in [-0.05, 0) is 18.2 Å². The number of benzene rings is 3. The quantitative estimate of drug-likeness (QED) is 0.323. The molecule has 3 aromatic rings. The van der Waals surface area contributed by atoms with Crippen molar-refractivity contribution in [3.05, 3.63) is 60.2 Å². The van der Waals surface area contributed by atoms with Crippen molar-refractivity contribution in [3.63, 3.8) is 0 Å². The summed E-state index contributed by atoms with van der Waals surface area (Å²) in [5.41, 5.74) is 6.38. The predicted molar refractivity (Wildman–Crippen MR) is 94.2 cm³/mol. The number of fused-ring (bicyclic) bond motifs is 1. The number of carbonyl (C=O) groups is 1. The van der Waals surface area contributed by atoms with Crippen LogP contribution in [0.25, 0.3) is 10.8 Å². The summed E-state index contributed by atoms with van der Waals surface area (Å²) < 4.78 is 32.4. The number of amides is 1. The van der Waals surface area contributed by atoms with E-state index < -0.39 is 26.7 Å². The van der Waals surface area contributed by atoms with Crippen molar-refractivity contribution in [2.24, 2.45) is 0 Å². The number of aromatic hydroxyl groups is 1. The minimum atomic E-state index is -4.54. The molecule has 0 saturated heterocycles. The minimum absolute atomic E-state index is 0.0374. The van der Waals surface area contributed by atoms with Crippen LogP contribution in [0.5, 0.6) is 5.75 Å². The van der Waals surface area contributed by atoms with E-state index >= 15 is 0 Å². The van der Waals surface area contributed by atoms with E-state index in [9.17, 15) is 22.9 Å². The number of carbonyl (C=O) groups excluding carboxylic acids is 1. The highest BCUT2D eigenvalue weighted by molar-refractivity contribution is 7.86. The molecule has 0 radical (unpaired) electrons. The number of hydrogen-bond donors (Lipinski definition) is 4. The number of phenolic OH excluding ortho intramolecular Hbond substituents is 1. The van der Waals surface area contributed by atoms with Crippen LogP contribution in [0.4, 0.5) is 11.4 Å². The van der Waals surface area contributed by atoms with Crippen LogP contribution in [0, 0.1) is 0 Å². The Hall–Kier alpha value is -3.10. The van der Waals surface area contributed by atoms with Gasteiger partial charge in [-0.15, -0.1) is 0 Å². The molecule has 0 heterocycles. The SMILES string of the molecule is Nc1cccc(C(=O)Nc2c(O)cc(S(=O)(=O)O)c3ccccc23)c1. The lowest BCUT2D eigenvalue weighted by atomic mass is 10.1. The van der Waals surface area contributed by atoms with Crippen LogP contribution in [0.1, 0.15) is 10.4 Å². The number of rotatable bonds is 3. The van der Waals surface area contributed by atoms with Crippen LogP contribution < -0.4 is 11.1 Å². The first-order chi connectivity index (χ1) is 11.8. The van der Waals surface area contributed by atoms with Gasteiger partial charge in [0.15, 0.2) is 0 Å². The van der Waals surface area contributed by atoms with E-state index in [4.69, 9.17) is 5.73 Å². The smallest absolute Gasteiger partial charge is 0.295 e. The largest absolute Gasteiger partial charge is 0.506 e. The summed E-state index contributed by atoms with van der Waals surface area (Å²) in [7, 11) is -4.54. The molecule has 3 aromatic carbocycles. The Bertz CT molecular complexity index is 1090. The van der Waals surface area contributed by atoms with Crippen LogP contribution in [0.15, 0.2) is 59.5 Å². The number of nitrogens with one attached hydrogen (secondary N) is 1. The van der Waals surface area contributed by atoms with Gasteiger partial charge in [0.1, 0.15) is 10.6 Å². The van der Waals surface area contributed by atoms with Crippen LogP contribution >= 0.6 is 0 Å². The van der Waals surface area contributed by atoms with E-state index in [1.54, 1.807) is 30.3 Å². The molecule has 0 aliphatic rings. The third-order valence-electron chi connectivity index (χ3n) is 3.65. The highest BCUT2D eigenvalue weighted by atomic mass is 32.2. The summed E-state index contributed by atoms with van der Waals surface area (Å²) in [5, 5.41) is 13.2. The molecule has 0 saturated carbocycles. The maximum atomic E-state index is 12.4. The lowest BCUT2D eigenvalue weighted by Crippen LogP contribution is -2.13. The molecule has 0 unspecified atom stereocenters. The Morgan fingerprint density at radius 1 is 1.00 bits per heavy atom. The van der Waals surface area contributed by atoms with E-state index in [2.05, 4.69) is 5.32 Å². The van der Waals surface area contributed by atoms with Gasteiger partial charge in [0.2, 0.25) is 0 Å². The average Bonchev–Trinajstić information content (AvgIpc) is 2.56. The first kappa shape index (κ1) is 16.7. The van der Waals surface area contributed by atoms with E-state index in [0.717, 1.165) is 6.07 Å². The van der Waals surface area contributed by atoms with Crippen LogP contribution in [0.2, 0.25) is 0 Å². The van der Waals surface area contributed by atoms with Crippen LogP contribution in [0.3, 0.4) is 0 Å². The normalized spacial score (nSPS) is 11.4. The average molecular weight is 358 g/mol. The molecule has 3 rings (SSSR count). The van der Waals surface area contributed by atoms with E-state index in [1.165, 1.54) is 18.2 Å². The summed E-state index contributed by atoms with van der Waals surface area (Å²) in [6, 6.07) is 13.4. The minimum Gasteiger partial charge on any atom is -0.506 e. The Kier molecular flexibility index (Phi) is 4.07. The predicted octanol–water partition coefficient (Wildman–Crippen LogP) is 2.63. The van der Waals surface area contributed by atoms with Gasteiger partial charge in [-0.25, -0.2) is 0 Å². The fraction of sp³-hybridized carbons (Fsp3) is 0. The molecular weight excluding hydrogens is 344 g/mol. The zero-order valence-corrected chi connectivity index (χ0v) is 13.6. The molecule has 25 heavy (non-hydrogen) atoms. The van der Waals surface area contributed by atoms with Gasteiger partial charge in [0.25, 0.3) is 16.0 Å². The maximum Gasteiger partial charge on any atom is 0.295 e. The van der Waals surface area contributed by atoms with Crippen molar-refractivity contribution in [1.29, 1.82) is 0 Å². The van der Waals surface area contributed by atoms with Gasteiger partial charge in [-0.1, -0.05) is 30.3 Å². The van der Waals surface area contributed by atoms with Crippen molar-refractivity contribution in [1.82, 2.24) is 0 Å². The second-order valence-corrected chi connectivity index (χ2v) is 6.76. The molecule has 0 fully saturated rings. The Balaban J connectivity index is 2.14. The summed E-state index contributed by atoms with van der Waals surface area (Å²) in [6.07, 6.45) is 0. The molecule has 0 bridgehead atoms. The highest BCUT2D eigenvalue weighted by Crippen LogP contribution is 2.37. The summed E-state index contributed by atoms with van der Waals surface area (Å²) in [4.78, 5) is 12.0. The Morgan fingerprint density at radius 2 is 1.68 bits per heavy atom. The number of nitrogen functional groups attached to an aromatic ring is 1. The van der Waals surface area contributed by atoms with Gasteiger partial charge in [-0.3, -0.25) is 9.35 Å². The summed E-state index contributed by atoms with van der Waals surface area (Å²) >= 11 is 0. The molecule has 0 aliphatic heterocycles. The second kappa shape index (κ2) is 6.08. The Labute approximate surface area is 143 Å². The van der Waals surface area contributed by atoms with Crippen molar-refractivity contribution >= 4 is 38.2 Å². The number of phenols is 1. The molecule has 8 heteroatoms. The van der Waals surface area contributed by atoms with Crippen molar-refractivity contribution in [3.8, 4) is 5.75 Å². The first-order valence-corrected chi connectivity index (χ1v) is 8.60. The van der Waals surface area contributed by atoms with Gasteiger partial charge < -0.3 is 16.2 Å². The summed E-state index contributed by atoms with van der Waals surface area (Å²) in [6.45, 7) is 0. The third-order valence-corrected chi connectivity index (χ3v) is 4.54. The molecule has 0 atom stereocenters. The van der Waals surface area contributed by atoms with Crippen molar-refractivity contribution in [2.75, 3.05) is 11.1 Å². The monoisotopic (exact) mass is 358 g/mol. The zero-order valence-electron chi connectivity index (χ0n) is 12.8. The standard InChI is InChI=1S/C17H14N2O5S/c18-11-5-3-4-10(8-11)17(21)19-16-13-7-2-1-6-12(13)15(9-14(16)20)25(22,23)24/h1-9,20H,18H2,(H,19,21)(H,22,23,24). The molecule has 0 spiro atoms. The zero-order chi connectivity index (χ0) is 18.2. The van der Waals surface area contributed by atoms with E-state index in [-0.39, 0.29) is 22.0 Å². The van der Waals surface area contributed by atoms with Crippen LogP contribution in [-0.2, 0) is 10.1 Å². The molecule has 5 N–H and O–H groups in total. The fourth-order valence-corrected chi connectivity index (χ4v) is 3.25. The van der Waals surface area contributed by atoms with Crippen molar-refractivity contribution in [2.45, 2.75) is 4.90 Å². The van der Waals surface area contributed by atoms with Gasteiger partial charge >= 0.3 is 0 Å². The highest BCUT2D eigenvalue weighted by Gasteiger charge is 2.20. The van der Waals surface area contributed by atoms with E-state index in [0.29, 0.717) is 5.69 Å². The fourth-order valence-electron chi connectivity index (χ4n) is 2.54. The molecule has 1 amide bonds. The van der Waals surface area contributed by atoms with Gasteiger partial charge in [-0.2, -0.15) is 8.42 Å². The number of anilines is 2. The Morgan fingerprint density at radius 3 is 2.32 bits per heavy atom. The topological polar surface area (TPSA) is 130 Å². The van der Waals surface area contributed by atoms with Gasteiger partial charge in [0.05, 0.1) is 5.69 Å². The second-order valence-electron chi connectivity index (χ2n) is 5.37. The lowest BCUT2D eigenvalue weighted by Gasteiger charge is -2.13. The number of hydrogen-bond acceptors (Lipinski definition) is 5. The molecular formula is C17H14N2O5S. The number of nitrogens with two attached hydrogens (primary N) is 1. The van der Waals surface area contributed by atoms with Crippen LogP contribution in [-0.4, -0.2) is 24.0 Å². The molecule has 128 valence electrons. The maximum absolute atomic E-state index is 12.4. The summed E-state index contributed by atoms with van der Waals surface area (Å²) in [5.74, 6) is -1.00. The van der Waals surface area contributed by atoms with Gasteiger partial charge in [0, 0.05) is 28.1 Å². The van der Waals surface area contributed by atoms with Crippen molar-refractivity contribution < 1.29 is 22.9 Å². The lowest BCUT2D eigenvalue weighted by molar-refractivity contribution is 0.102. The molecule has 0 aromatic heterocycles.